The Balaban J connectivity index is 1.55. The smallest absolute Gasteiger partial charge is 0.338 e. The Morgan fingerprint density at radius 1 is 1.09 bits per heavy atom. The maximum atomic E-state index is 13.3. The Labute approximate surface area is 210 Å². The quantitative estimate of drug-likeness (QED) is 0.504. The number of amides is 1. The number of fused-ring (bicyclic) bond motifs is 1. The lowest BCUT2D eigenvalue weighted by Crippen LogP contribution is -2.49. The molecule has 0 radical (unpaired) electrons. The van der Waals surface area contributed by atoms with E-state index in [0.717, 1.165) is 41.8 Å². The van der Waals surface area contributed by atoms with Crippen LogP contribution in [0, 0.1) is 0 Å². The molecule has 9 nitrogen and oxygen atoms in total. The number of nitrogens with zero attached hydrogens (tertiary/aromatic N) is 4. The first-order valence-corrected chi connectivity index (χ1v) is 12.5. The molecule has 3 aliphatic rings. The standard InChI is InChI=1S/C25H32N4O5S/c1-17-22(24(31)34-4)23(18-5-7-20(33-3)8-6-18)29-19(16-35-25(29)26-17)15-21(30)28-11-9-27(10-12-28)13-14-32-2/h5-8,16,23H,9-15H2,1-4H3/t23-/m1/s1. The minimum absolute atomic E-state index is 0.0730. The van der Waals surface area contributed by atoms with Crippen LogP contribution in [0.1, 0.15) is 24.9 Å². The highest BCUT2D eigenvalue weighted by Crippen LogP contribution is 2.45. The summed E-state index contributed by atoms with van der Waals surface area (Å²) in [6.45, 7) is 6.44. The number of amidine groups is 1. The van der Waals surface area contributed by atoms with Crippen LogP contribution in [-0.2, 0) is 19.1 Å². The van der Waals surface area contributed by atoms with Crippen molar-refractivity contribution >= 4 is 28.8 Å². The van der Waals surface area contributed by atoms with Crippen molar-refractivity contribution in [3.63, 3.8) is 0 Å². The fourth-order valence-electron chi connectivity index (χ4n) is 4.55. The minimum atomic E-state index is -0.444. The van der Waals surface area contributed by atoms with Crippen molar-refractivity contribution in [3.05, 3.63) is 52.2 Å². The van der Waals surface area contributed by atoms with Gasteiger partial charge in [0, 0.05) is 45.5 Å². The fourth-order valence-corrected chi connectivity index (χ4v) is 5.51. The summed E-state index contributed by atoms with van der Waals surface area (Å²) in [5.74, 6) is 0.370. The summed E-state index contributed by atoms with van der Waals surface area (Å²) in [6.07, 6.45) is 0.240. The summed E-state index contributed by atoms with van der Waals surface area (Å²) in [6, 6.07) is 7.16. The molecule has 0 aromatic heterocycles. The van der Waals surface area contributed by atoms with E-state index in [1.807, 2.05) is 46.4 Å². The molecule has 0 unspecified atom stereocenters. The molecule has 1 saturated heterocycles. The van der Waals surface area contributed by atoms with Crippen LogP contribution in [-0.4, -0.2) is 92.4 Å². The van der Waals surface area contributed by atoms with Gasteiger partial charge >= 0.3 is 5.97 Å². The average Bonchev–Trinajstić information content (AvgIpc) is 3.28. The molecule has 0 saturated carbocycles. The predicted molar refractivity (Wildman–Crippen MR) is 135 cm³/mol. The number of carbonyl (C=O) groups is 2. The van der Waals surface area contributed by atoms with E-state index < -0.39 is 12.0 Å². The van der Waals surface area contributed by atoms with Crippen LogP contribution < -0.4 is 4.74 Å². The molecule has 1 atom stereocenters. The first kappa shape index (κ1) is 25.3. The number of rotatable bonds is 8. The third kappa shape index (κ3) is 5.39. The van der Waals surface area contributed by atoms with Gasteiger partial charge in [0.1, 0.15) is 5.75 Å². The van der Waals surface area contributed by atoms with Gasteiger partial charge in [0.25, 0.3) is 0 Å². The first-order chi connectivity index (χ1) is 17.0. The molecule has 0 N–H and O–H groups in total. The lowest BCUT2D eigenvalue weighted by Gasteiger charge is -2.37. The number of esters is 1. The van der Waals surface area contributed by atoms with Gasteiger partial charge in [-0.15, -0.1) is 0 Å². The summed E-state index contributed by atoms with van der Waals surface area (Å²) in [5.41, 5.74) is 2.81. The van der Waals surface area contributed by atoms with Crippen molar-refractivity contribution in [3.8, 4) is 5.75 Å². The Morgan fingerprint density at radius 3 is 2.43 bits per heavy atom. The SMILES string of the molecule is COCCN1CCN(C(=O)CC2=CSC3=NC(C)=C(C(=O)OC)[C@@H](c4ccc(OC)cc4)N23)CC1. The first-order valence-electron chi connectivity index (χ1n) is 11.6. The number of piperazine rings is 1. The largest absolute Gasteiger partial charge is 0.497 e. The van der Waals surface area contributed by atoms with Crippen LogP contribution in [0.3, 0.4) is 0 Å². The maximum Gasteiger partial charge on any atom is 0.338 e. The zero-order chi connectivity index (χ0) is 24.9. The third-order valence-electron chi connectivity index (χ3n) is 6.51. The van der Waals surface area contributed by atoms with E-state index in [-0.39, 0.29) is 12.3 Å². The fraction of sp³-hybridized carbons (Fsp3) is 0.480. The second-order valence-electron chi connectivity index (χ2n) is 8.55. The Kier molecular flexibility index (Phi) is 8.15. The number of ether oxygens (including phenoxy) is 3. The van der Waals surface area contributed by atoms with Crippen LogP contribution in [0.5, 0.6) is 5.75 Å². The molecule has 3 aliphatic heterocycles. The van der Waals surface area contributed by atoms with Crippen molar-refractivity contribution in [2.45, 2.75) is 19.4 Å². The summed E-state index contributed by atoms with van der Waals surface area (Å²) < 4.78 is 15.6. The van der Waals surface area contributed by atoms with Gasteiger partial charge in [-0.1, -0.05) is 23.9 Å². The average molecular weight is 501 g/mol. The number of thioether (sulfide) groups is 1. The van der Waals surface area contributed by atoms with Crippen molar-refractivity contribution in [2.24, 2.45) is 4.99 Å². The molecule has 0 aliphatic carbocycles. The van der Waals surface area contributed by atoms with E-state index in [1.54, 1.807) is 14.2 Å². The molecule has 188 valence electrons. The number of benzene rings is 1. The zero-order valence-corrected chi connectivity index (χ0v) is 21.5. The minimum Gasteiger partial charge on any atom is -0.497 e. The topological polar surface area (TPSA) is 83.9 Å². The van der Waals surface area contributed by atoms with E-state index in [0.29, 0.717) is 31.0 Å². The molecular weight excluding hydrogens is 468 g/mol. The van der Waals surface area contributed by atoms with Crippen molar-refractivity contribution < 1.29 is 23.8 Å². The van der Waals surface area contributed by atoms with E-state index in [4.69, 9.17) is 14.2 Å². The highest BCUT2D eigenvalue weighted by Gasteiger charge is 2.41. The predicted octanol–water partition coefficient (Wildman–Crippen LogP) is 2.62. The van der Waals surface area contributed by atoms with Crippen LogP contribution in [0.2, 0.25) is 0 Å². The second kappa shape index (κ2) is 11.3. The maximum absolute atomic E-state index is 13.3. The molecule has 0 bridgehead atoms. The number of aliphatic imine (C=N–C) groups is 1. The van der Waals surface area contributed by atoms with Crippen LogP contribution >= 0.6 is 11.8 Å². The van der Waals surface area contributed by atoms with Crippen LogP contribution in [0.25, 0.3) is 0 Å². The highest BCUT2D eigenvalue weighted by atomic mass is 32.2. The second-order valence-corrected chi connectivity index (χ2v) is 9.39. The van der Waals surface area contributed by atoms with Gasteiger partial charge in [-0.25, -0.2) is 9.79 Å². The molecule has 10 heteroatoms. The van der Waals surface area contributed by atoms with Crippen molar-refractivity contribution in [1.82, 2.24) is 14.7 Å². The molecule has 1 fully saturated rings. The summed E-state index contributed by atoms with van der Waals surface area (Å²) in [4.78, 5) is 37.0. The molecule has 3 heterocycles. The van der Waals surface area contributed by atoms with E-state index >= 15 is 0 Å². The Hall–Kier alpha value is -2.82. The summed E-state index contributed by atoms with van der Waals surface area (Å²) >= 11 is 1.47. The molecular formula is C25H32N4O5S. The molecule has 1 amide bonds. The molecule has 1 aromatic rings. The molecule has 35 heavy (non-hydrogen) atoms. The van der Waals surface area contributed by atoms with Gasteiger partial charge in [-0.05, 0) is 30.0 Å². The van der Waals surface area contributed by atoms with Crippen LogP contribution in [0.15, 0.2) is 51.6 Å². The highest BCUT2D eigenvalue weighted by molar-refractivity contribution is 8.16. The number of methoxy groups -OCH3 is 3. The number of hydrogen-bond acceptors (Lipinski definition) is 9. The van der Waals surface area contributed by atoms with Gasteiger partial charge in [0.05, 0.1) is 44.6 Å². The lowest BCUT2D eigenvalue weighted by molar-refractivity contribution is -0.136. The summed E-state index contributed by atoms with van der Waals surface area (Å²) in [7, 11) is 4.69. The van der Waals surface area contributed by atoms with Crippen molar-refractivity contribution in [2.75, 3.05) is 60.7 Å². The van der Waals surface area contributed by atoms with Crippen molar-refractivity contribution in [1.29, 1.82) is 0 Å². The van der Waals surface area contributed by atoms with Gasteiger partial charge < -0.3 is 24.0 Å². The molecule has 4 rings (SSSR count). The van der Waals surface area contributed by atoms with E-state index in [9.17, 15) is 9.59 Å². The normalized spacial score (nSPS) is 20.4. The van der Waals surface area contributed by atoms with E-state index in [2.05, 4.69) is 9.89 Å². The van der Waals surface area contributed by atoms with Gasteiger partial charge in [0.2, 0.25) is 5.91 Å². The number of allylic oxidation sites excluding steroid dienone is 1. The lowest BCUT2D eigenvalue weighted by atomic mass is 9.93. The molecule has 1 aromatic carbocycles. The zero-order valence-electron chi connectivity index (χ0n) is 20.7. The van der Waals surface area contributed by atoms with Gasteiger partial charge in [-0.2, -0.15) is 0 Å². The monoisotopic (exact) mass is 500 g/mol. The Bertz CT molecular complexity index is 1040. The summed E-state index contributed by atoms with van der Waals surface area (Å²) in [5, 5.41) is 2.72. The number of carbonyl (C=O) groups excluding carboxylic acids is 2. The number of hydrogen-bond donors (Lipinski definition) is 0. The third-order valence-corrected chi connectivity index (χ3v) is 7.40. The van der Waals surface area contributed by atoms with Gasteiger partial charge in [-0.3, -0.25) is 9.69 Å². The molecule has 0 spiro atoms. The van der Waals surface area contributed by atoms with Gasteiger partial charge in [0.15, 0.2) is 5.17 Å². The van der Waals surface area contributed by atoms with Crippen LogP contribution in [0.4, 0.5) is 0 Å². The van der Waals surface area contributed by atoms with E-state index in [1.165, 1.54) is 18.9 Å². The Morgan fingerprint density at radius 2 is 1.80 bits per heavy atom.